The van der Waals surface area contributed by atoms with Crippen LogP contribution in [0.5, 0.6) is 5.75 Å². The van der Waals surface area contributed by atoms with Gasteiger partial charge in [0.15, 0.2) is 5.78 Å². The van der Waals surface area contributed by atoms with E-state index in [-0.39, 0.29) is 0 Å². The smallest absolute Gasteiger partial charge is 0.298 e. The van der Waals surface area contributed by atoms with Gasteiger partial charge in [-0.1, -0.05) is 42.5 Å². The summed E-state index contributed by atoms with van der Waals surface area (Å²) in [5, 5.41) is 10.1. The highest BCUT2D eigenvalue weighted by molar-refractivity contribution is 6.01. The number of rotatable bonds is 5. The van der Waals surface area contributed by atoms with Gasteiger partial charge in [-0.3, -0.25) is 9.59 Å². The maximum Gasteiger partial charge on any atom is 0.298 e. The number of carbonyl (C=O) groups excluding carboxylic acids is 2. The highest BCUT2D eigenvalue weighted by atomic mass is 16.5. The number of Topliss-reactive ketones (excluding diaryl/α,β-unsaturated/α-hetero) is 1. The number of hydrogen-bond acceptors (Lipinski definition) is 4. The van der Waals surface area contributed by atoms with Crippen molar-refractivity contribution in [2.45, 2.75) is 13.0 Å². The first-order chi connectivity index (χ1) is 9.65. The average Bonchev–Trinajstić information content (AvgIpc) is 2.49. The molecule has 102 valence electrons. The minimum atomic E-state index is -1.23. The van der Waals surface area contributed by atoms with Gasteiger partial charge in [0.1, 0.15) is 11.9 Å². The molecule has 0 saturated heterocycles. The van der Waals surface area contributed by atoms with Crippen molar-refractivity contribution in [3.8, 4) is 5.75 Å². The normalized spacial score (nSPS) is 11.7. The maximum absolute atomic E-state index is 12.3. The van der Waals surface area contributed by atoms with Crippen molar-refractivity contribution in [1.29, 1.82) is 0 Å². The van der Waals surface area contributed by atoms with E-state index in [1.54, 1.807) is 49.4 Å². The summed E-state index contributed by atoms with van der Waals surface area (Å²) in [6.07, 6.45) is -1.23. The molecule has 4 heteroatoms. The predicted molar refractivity (Wildman–Crippen MR) is 73.6 cm³/mol. The molecule has 0 aliphatic rings. The zero-order chi connectivity index (χ0) is 14.5. The van der Waals surface area contributed by atoms with Gasteiger partial charge in [-0.05, 0) is 18.6 Å². The molecule has 0 bridgehead atoms. The topological polar surface area (TPSA) is 63.6 Å². The minimum absolute atomic E-state index is 0.310. The van der Waals surface area contributed by atoms with Crippen molar-refractivity contribution < 1.29 is 19.4 Å². The number of carbonyl (C=O) groups is 2. The number of hydrogen-bond donors (Lipinski definition) is 1. The van der Waals surface area contributed by atoms with Crippen LogP contribution in [0, 0.1) is 6.92 Å². The molecule has 0 saturated carbocycles. The Labute approximate surface area is 116 Å². The van der Waals surface area contributed by atoms with Gasteiger partial charge in [0.25, 0.3) is 6.47 Å². The lowest BCUT2D eigenvalue weighted by molar-refractivity contribution is -0.120. The van der Waals surface area contributed by atoms with E-state index in [1.165, 1.54) is 0 Å². The molecular formula is C16H14O4. The Kier molecular flexibility index (Phi) is 4.27. The van der Waals surface area contributed by atoms with Crippen LogP contribution in [-0.4, -0.2) is 17.4 Å². The summed E-state index contributed by atoms with van der Waals surface area (Å²) in [6, 6.07) is 13.5. The highest BCUT2D eigenvalue weighted by Gasteiger charge is 2.21. The number of ether oxygens (including phenoxy) is 1. The molecule has 0 aliphatic heterocycles. The fourth-order valence-electron chi connectivity index (χ4n) is 1.99. The van der Waals surface area contributed by atoms with Gasteiger partial charge in [-0.25, -0.2) is 0 Å². The maximum atomic E-state index is 12.3. The standard InChI is InChI=1S/C16H14O4/c1-11-13(8-5-9-14(11)20-10-17)16(19)15(18)12-6-3-2-4-7-12/h2-10,15,18H,1H3. The molecule has 2 aromatic carbocycles. The van der Waals surface area contributed by atoms with E-state index in [1.807, 2.05) is 6.07 Å². The van der Waals surface area contributed by atoms with Crippen LogP contribution in [0.4, 0.5) is 0 Å². The summed E-state index contributed by atoms with van der Waals surface area (Å²) in [5.41, 5.74) is 1.39. The molecule has 0 fully saturated rings. The summed E-state index contributed by atoms with van der Waals surface area (Å²) >= 11 is 0. The number of ketones is 1. The number of aliphatic hydroxyl groups excluding tert-OH is 1. The third-order valence-corrected chi connectivity index (χ3v) is 3.09. The van der Waals surface area contributed by atoms with Gasteiger partial charge in [0.2, 0.25) is 0 Å². The van der Waals surface area contributed by atoms with E-state index >= 15 is 0 Å². The Hall–Kier alpha value is -2.46. The van der Waals surface area contributed by atoms with Crippen molar-refractivity contribution >= 4 is 12.3 Å². The molecule has 4 nitrogen and oxygen atoms in total. The summed E-state index contributed by atoms with van der Waals surface area (Å²) in [6.45, 7) is 1.98. The molecule has 2 aromatic rings. The van der Waals surface area contributed by atoms with Gasteiger partial charge >= 0.3 is 0 Å². The van der Waals surface area contributed by atoms with Crippen LogP contribution in [0.25, 0.3) is 0 Å². The Morgan fingerprint density at radius 2 is 1.85 bits per heavy atom. The molecule has 1 unspecified atom stereocenters. The zero-order valence-electron chi connectivity index (χ0n) is 10.9. The summed E-state index contributed by atoms with van der Waals surface area (Å²) in [4.78, 5) is 22.7. The van der Waals surface area contributed by atoms with Gasteiger partial charge in [0.05, 0.1) is 0 Å². The first-order valence-electron chi connectivity index (χ1n) is 6.12. The second kappa shape index (κ2) is 6.12. The van der Waals surface area contributed by atoms with Crippen LogP contribution in [0.3, 0.4) is 0 Å². The second-order valence-corrected chi connectivity index (χ2v) is 4.32. The predicted octanol–water partition coefficient (Wildman–Crippen LogP) is 2.45. The SMILES string of the molecule is Cc1c(OC=O)cccc1C(=O)C(O)c1ccccc1. The van der Waals surface area contributed by atoms with E-state index in [0.29, 0.717) is 28.9 Å². The summed E-state index contributed by atoms with van der Waals surface area (Å²) < 4.78 is 4.80. The monoisotopic (exact) mass is 270 g/mol. The first kappa shape index (κ1) is 14.0. The Morgan fingerprint density at radius 3 is 2.50 bits per heavy atom. The molecule has 2 rings (SSSR count). The van der Waals surface area contributed by atoms with Crippen molar-refractivity contribution in [3.63, 3.8) is 0 Å². The van der Waals surface area contributed by atoms with E-state index in [0.717, 1.165) is 0 Å². The molecule has 0 heterocycles. The first-order valence-corrected chi connectivity index (χ1v) is 6.12. The molecule has 1 N–H and O–H groups in total. The van der Waals surface area contributed by atoms with E-state index in [4.69, 9.17) is 4.74 Å². The van der Waals surface area contributed by atoms with Crippen LogP contribution in [0.2, 0.25) is 0 Å². The minimum Gasteiger partial charge on any atom is -0.428 e. The van der Waals surface area contributed by atoms with Gasteiger partial charge in [-0.15, -0.1) is 0 Å². The van der Waals surface area contributed by atoms with Gasteiger partial charge < -0.3 is 9.84 Å². The Balaban J connectivity index is 2.34. The Bertz CT molecular complexity index is 620. The number of aliphatic hydroxyl groups is 1. The molecule has 0 spiro atoms. The molecule has 0 amide bonds. The van der Waals surface area contributed by atoms with E-state index in [2.05, 4.69) is 0 Å². The lowest BCUT2D eigenvalue weighted by atomic mass is 9.96. The largest absolute Gasteiger partial charge is 0.428 e. The summed E-state index contributed by atoms with van der Waals surface area (Å²) in [5.74, 6) is -0.115. The van der Waals surface area contributed by atoms with Crippen LogP contribution in [-0.2, 0) is 4.79 Å². The lowest BCUT2D eigenvalue weighted by Gasteiger charge is -2.13. The van der Waals surface area contributed by atoms with Crippen molar-refractivity contribution in [1.82, 2.24) is 0 Å². The fraction of sp³-hybridized carbons (Fsp3) is 0.125. The van der Waals surface area contributed by atoms with Crippen LogP contribution in [0.1, 0.15) is 27.6 Å². The van der Waals surface area contributed by atoms with E-state index in [9.17, 15) is 14.7 Å². The quantitative estimate of drug-likeness (QED) is 0.669. The second-order valence-electron chi connectivity index (χ2n) is 4.32. The van der Waals surface area contributed by atoms with Crippen LogP contribution in [0.15, 0.2) is 48.5 Å². The van der Waals surface area contributed by atoms with Crippen molar-refractivity contribution in [2.24, 2.45) is 0 Å². The Morgan fingerprint density at radius 1 is 1.15 bits per heavy atom. The third kappa shape index (κ3) is 2.75. The zero-order valence-corrected chi connectivity index (χ0v) is 10.9. The third-order valence-electron chi connectivity index (χ3n) is 3.09. The van der Waals surface area contributed by atoms with E-state index < -0.39 is 11.9 Å². The fourth-order valence-corrected chi connectivity index (χ4v) is 1.99. The highest BCUT2D eigenvalue weighted by Crippen LogP contribution is 2.25. The van der Waals surface area contributed by atoms with Crippen molar-refractivity contribution in [3.05, 3.63) is 65.2 Å². The van der Waals surface area contributed by atoms with Crippen LogP contribution >= 0.6 is 0 Å². The number of benzene rings is 2. The molecule has 1 atom stereocenters. The van der Waals surface area contributed by atoms with Gasteiger partial charge in [0, 0.05) is 11.1 Å². The molecule has 0 radical (unpaired) electrons. The van der Waals surface area contributed by atoms with Gasteiger partial charge in [-0.2, -0.15) is 0 Å². The molecular weight excluding hydrogens is 256 g/mol. The molecule has 0 aromatic heterocycles. The average molecular weight is 270 g/mol. The summed E-state index contributed by atoms with van der Waals surface area (Å²) in [7, 11) is 0. The lowest BCUT2D eigenvalue weighted by Crippen LogP contribution is -2.14. The molecule has 20 heavy (non-hydrogen) atoms. The van der Waals surface area contributed by atoms with Crippen molar-refractivity contribution in [2.75, 3.05) is 0 Å². The molecule has 0 aliphatic carbocycles. The van der Waals surface area contributed by atoms with Crippen LogP contribution < -0.4 is 4.74 Å².